The van der Waals surface area contributed by atoms with Crippen LogP contribution < -0.4 is 11.0 Å². The van der Waals surface area contributed by atoms with Gasteiger partial charge in [0.1, 0.15) is 11.2 Å². The molecule has 5 rings (SSSR count). The normalized spacial score (nSPS) is 15.1. The number of pyridine rings is 1. The average molecular weight is 399 g/mol. The van der Waals surface area contributed by atoms with E-state index < -0.39 is 0 Å². The molecule has 1 aliphatic rings. The fourth-order valence-corrected chi connectivity index (χ4v) is 4.75. The molecule has 1 saturated carbocycles. The van der Waals surface area contributed by atoms with Crippen molar-refractivity contribution in [2.24, 2.45) is 7.05 Å². The SMILES string of the molecule is Cc1ccc(-c2nc3c(c(=O)c4ccccc4n3C)c(=O)n2C2CCCCC2)cc1. The van der Waals surface area contributed by atoms with Gasteiger partial charge in [-0.15, -0.1) is 0 Å². The molecule has 0 saturated heterocycles. The molecule has 30 heavy (non-hydrogen) atoms. The smallest absolute Gasteiger partial charge is 0.267 e. The van der Waals surface area contributed by atoms with Gasteiger partial charge in [-0.1, -0.05) is 61.2 Å². The van der Waals surface area contributed by atoms with Gasteiger partial charge in [0, 0.05) is 24.0 Å². The zero-order valence-corrected chi connectivity index (χ0v) is 17.4. The molecule has 2 aromatic heterocycles. The van der Waals surface area contributed by atoms with Crippen LogP contribution in [0.25, 0.3) is 33.3 Å². The van der Waals surface area contributed by atoms with Gasteiger partial charge in [-0.05, 0) is 31.9 Å². The summed E-state index contributed by atoms with van der Waals surface area (Å²) >= 11 is 0. The van der Waals surface area contributed by atoms with E-state index >= 15 is 0 Å². The first kappa shape index (κ1) is 18.8. The highest BCUT2D eigenvalue weighted by Gasteiger charge is 2.25. The Balaban J connectivity index is 1.92. The number of fused-ring (bicyclic) bond motifs is 2. The van der Waals surface area contributed by atoms with Crippen LogP contribution in [0.3, 0.4) is 0 Å². The van der Waals surface area contributed by atoms with E-state index in [1.165, 1.54) is 6.42 Å². The number of aryl methyl sites for hydroxylation is 2. The molecule has 2 heterocycles. The van der Waals surface area contributed by atoms with Crippen molar-refractivity contribution < 1.29 is 0 Å². The van der Waals surface area contributed by atoms with Crippen molar-refractivity contribution in [1.29, 1.82) is 0 Å². The van der Waals surface area contributed by atoms with Crippen molar-refractivity contribution >= 4 is 21.9 Å². The Labute approximate surface area is 174 Å². The molecular formula is C25H25N3O2. The van der Waals surface area contributed by atoms with Crippen molar-refractivity contribution in [1.82, 2.24) is 14.1 Å². The minimum Gasteiger partial charge on any atom is -0.328 e. The van der Waals surface area contributed by atoms with Gasteiger partial charge in [0.15, 0.2) is 5.65 Å². The van der Waals surface area contributed by atoms with Crippen molar-refractivity contribution in [3.8, 4) is 11.4 Å². The number of nitrogens with zero attached hydrogens (tertiary/aromatic N) is 3. The average Bonchev–Trinajstić information content (AvgIpc) is 2.78. The summed E-state index contributed by atoms with van der Waals surface area (Å²) in [5.74, 6) is 0.657. The van der Waals surface area contributed by atoms with Crippen LogP contribution in [-0.2, 0) is 7.05 Å². The first-order valence-corrected chi connectivity index (χ1v) is 10.7. The predicted molar refractivity (Wildman–Crippen MR) is 121 cm³/mol. The number of hydrogen-bond donors (Lipinski definition) is 0. The van der Waals surface area contributed by atoms with Crippen molar-refractivity contribution in [3.63, 3.8) is 0 Å². The van der Waals surface area contributed by atoms with Crippen LogP contribution in [0.5, 0.6) is 0 Å². The predicted octanol–water partition coefficient (Wildman–Crippen LogP) is 4.73. The maximum Gasteiger partial charge on any atom is 0.267 e. The molecule has 2 aromatic carbocycles. The molecule has 5 nitrogen and oxygen atoms in total. The Morgan fingerprint density at radius 3 is 2.37 bits per heavy atom. The molecule has 0 atom stereocenters. The monoisotopic (exact) mass is 399 g/mol. The summed E-state index contributed by atoms with van der Waals surface area (Å²) in [6.45, 7) is 2.04. The van der Waals surface area contributed by atoms with E-state index in [2.05, 4.69) is 0 Å². The Bertz CT molecular complexity index is 1370. The van der Waals surface area contributed by atoms with Gasteiger partial charge in [0.05, 0.1) is 5.52 Å². The van der Waals surface area contributed by atoms with E-state index in [4.69, 9.17) is 4.98 Å². The second-order valence-electron chi connectivity index (χ2n) is 8.37. The molecule has 0 N–H and O–H groups in total. The van der Waals surface area contributed by atoms with Gasteiger partial charge < -0.3 is 4.57 Å². The molecule has 152 valence electrons. The zero-order chi connectivity index (χ0) is 20.8. The second-order valence-corrected chi connectivity index (χ2v) is 8.37. The summed E-state index contributed by atoms with van der Waals surface area (Å²) in [6.07, 6.45) is 5.27. The number of rotatable bonds is 2. The van der Waals surface area contributed by atoms with E-state index in [1.54, 1.807) is 6.07 Å². The molecule has 0 unspecified atom stereocenters. The highest BCUT2D eigenvalue weighted by atomic mass is 16.1. The maximum atomic E-state index is 13.8. The summed E-state index contributed by atoms with van der Waals surface area (Å²) in [6, 6.07) is 15.6. The molecule has 5 heteroatoms. The largest absolute Gasteiger partial charge is 0.328 e. The summed E-state index contributed by atoms with van der Waals surface area (Å²) in [5, 5.41) is 0.752. The van der Waals surface area contributed by atoms with Gasteiger partial charge in [-0.2, -0.15) is 0 Å². The summed E-state index contributed by atoms with van der Waals surface area (Å²) in [7, 11) is 1.88. The molecule has 0 aliphatic heterocycles. The lowest BCUT2D eigenvalue weighted by atomic mass is 9.94. The Hall–Kier alpha value is -3.21. The van der Waals surface area contributed by atoms with Crippen LogP contribution in [0.1, 0.15) is 43.7 Å². The number of hydrogen-bond acceptors (Lipinski definition) is 3. The molecule has 0 bridgehead atoms. The van der Waals surface area contributed by atoms with Gasteiger partial charge >= 0.3 is 0 Å². The van der Waals surface area contributed by atoms with E-state index in [9.17, 15) is 9.59 Å². The molecule has 1 aliphatic carbocycles. The van der Waals surface area contributed by atoms with E-state index in [1.807, 2.05) is 65.6 Å². The van der Waals surface area contributed by atoms with Gasteiger partial charge in [-0.25, -0.2) is 4.98 Å². The fraction of sp³-hybridized carbons (Fsp3) is 0.320. The van der Waals surface area contributed by atoms with Crippen molar-refractivity contribution in [3.05, 3.63) is 74.7 Å². The highest BCUT2D eigenvalue weighted by molar-refractivity contribution is 5.91. The zero-order valence-electron chi connectivity index (χ0n) is 17.4. The standard InChI is InChI=1S/C25H25N3O2/c1-16-12-14-17(15-13-16)23-26-24-21(25(30)28(23)18-8-4-3-5-9-18)22(29)19-10-6-7-11-20(19)27(24)2/h6-7,10-15,18H,3-5,8-9H2,1-2H3. The van der Waals surface area contributed by atoms with Crippen LogP contribution >= 0.6 is 0 Å². The van der Waals surface area contributed by atoms with Crippen LogP contribution in [-0.4, -0.2) is 14.1 Å². The minimum atomic E-state index is -0.226. The van der Waals surface area contributed by atoms with Crippen molar-refractivity contribution in [2.75, 3.05) is 0 Å². The van der Waals surface area contributed by atoms with E-state index in [0.29, 0.717) is 16.9 Å². The third-order valence-corrected chi connectivity index (χ3v) is 6.40. The first-order valence-electron chi connectivity index (χ1n) is 10.7. The number of benzene rings is 2. The van der Waals surface area contributed by atoms with Crippen LogP contribution in [0.2, 0.25) is 0 Å². The second kappa shape index (κ2) is 7.24. The lowest BCUT2D eigenvalue weighted by molar-refractivity contribution is 0.348. The maximum absolute atomic E-state index is 13.8. The van der Waals surface area contributed by atoms with Crippen LogP contribution in [0.15, 0.2) is 58.1 Å². The fourth-order valence-electron chi connectivity index (χ4n) is 4.75. The number of para-hydroxylation sites is 1. The Morgan fingerprint density at radius 1 is 0.933 bits per heavy atom. The van der Waals surface area contributed by atoms with Gasteiger partial charge in [0.25, 0.3) is 5.56 Å². The van der Waals surface area contributed by atoms with E-state index in [0.717, 1.165) is 42.3 Å². The van der Waals surface area contributed by atoms with E-state index in [-0.39, 0.29) is 22.4 Å². The summed E-state index contributed by atoms with van der Waals surface area (Å²) < 4.78 is 3.68. The van der Waals surface area contributed by atoms with Crippen LogP contribution in [0, 0.1) is 6.92 Å². The molecule has 1 fully saturated rings. The third kappa shape index (κ3) is 2.88. The summed E-state index contributed by atoms with van der Waals surface area (Å²) in [5.41, 5.74) is 2.86. The molecule has 0 spiro atoms. The Kier molecular flexibility index (Phi) is 4.54. The first-order chi connectivity index (χ1) is 14.6. The number of aromatic nitrogens is 3. The van der Waals surface area contributed by atoms with Crippen molar-refractivity contribution in [2.45, 2.75) is 45.1 Å². The third-order valence-electron chi connectivity index (χ3n) is 6.40. The lowest BCUT2D eigenvalue weighted by Crippen LogP contribution is -2.32. The molecular weight excluding hydrogens is 374 g/mol. The van der Waals surface area contributed by atoms with Gasteiger partial charge in [0.2, 0.25) is 5.43 Å². The Morgan fingerprint density at radius 2 is 1.63 bits per heavy atom. The lowest BCUT2D eigenvalue weighted by Gasteiger charge is -2.27. The molecule has 0 radical (unpaired) electrons. The topological polar surface area (TPSA) is 56.9 Å². The quantitative estimate of drug-likeness (QED) is 0.458. The van der Waals surface area contributed by atoms with Gasteiger partial charge in [-0.3, -0.25) is 14.2 Å². The highest BCUT2D eigenvalue weighted by Crippen LogP contribution is 2.31. The molecule has 4 aromatic rings. The van der Waals surface area contributed by atoms with Crippen LogP contribution in [0.4, 0.5) is 0 Å². The summed E-state index contributed by atoms with van der Waals surface area (Å²) in [4.78, 5) is 32.1. The molecule has 0 amide bonds. The minimum absolute atomic E-state index is 0.0793.